The molecule has 0 fully saturated rings. The van der Waals surface area contributed by atoms with Crippen LogP contribution >= 0.6 is 23.2 Å². The number of carbonyl (C=O) groups excluding carboxylic acids is 1. The third-order valence-corrected chi connectivity index (χ3v) is 3.41. The Morgan fingerprint density at radius 2 is 1.94 bits per heavy atom. The second-order valence-electron chi connectivity index (χ2n) is 4.22. The summed E-state index contributed by atoms with van der Waals surface area (Å²) in [7, 11) is 1.77. The average Bonchev–Trinajstić information content (AvgIpc) is 2.23. The van der Waals surface area contributed by atoms with E-state index < -0.39 is 5.54 Å². The number of hydrogen-bond donors (Lipinski definition) is 1. The van der Waals surface area contributed by atoms with Crippen molar-refractivity contribution in [1.82, 2.24) is 5.32 Å². The summed E-state index contributed by atoms with van der Waals surface area (Å²) in [5.74, 6) is 0.119. The lowest BCUT2D eigenvalue weighted by Crippen LogP contribution is -2.45. The third kappa shape index (κ3) is 3.21. The summed E-state index contributed by atoms with van der Waals surface area (Å²) in [6.45, 7) is 3.71. The monoisotopic (exact) mass is 259 g/mol. The molecule has 0 amide bonds. The van der Waals surface area contributed by atoms with Crippen LogP contribution < -0.4 is 5.32 Å². The molecule has 0 saturated carbocycles. The highest BCUT2D eigenvalue weighted by Gasteiger charge is 2.24. The molecule has 88 valence electrons. The molecule has 0 unspecified atom stereocenters. The molecule has 0 aliphatic rings. The lowest BCUT2D eigenvalue weighted by molar-refractivity contribution is -0.123. The number of benzene rings is 1. The molecule has 1 aromatic carbocycles. The molecule has 1 N–H and O–H groups in total. The van der Waals surface area contributed by atoms with Crippen LogP contribution in [0.3, 0.4) is 0 Å². The van der Waals surface area contributed by atoms with E-state index in [2.05, 4.69) is 5.32 Å². The summed E-state index contributed by atoms with van der Waals surface area (Å²) in [6, 6.07) is 5.25. The summed E-state index contributed by atoms with van der Waals surface area (Å²) in [5.41, 5.74) is 0.356. The van der Waals surface area contributed by atoms with E-state index in [4.69, 9.17) is 23.2 Å². The van der Waals surface area contributed by atoms with Crippen molar-refractivity contribution < 1.29 is 4.79 Å². The quantitative estimate of drug-likeness (QED) is 0.901. The van der Waals surface area contributed by atoms with Gasteiger partial charge in [-0.2, -0.15) is 0 Å². The van der Waals surface area contributed by atoms with Crippen LogP contribution in [-0.4, -0.2) is 18.4 Å². The van der Waals surface area contributed by atoms with E-state index in [1.165, 1.54) is 0 Å². The Balaban J connectivity index is 2.82. The van der Waals surface area contributed by atoms with Crippen molar-refractivity contribution in [3.63, 3.8) is 0 Å². The zero-order valence-electron chi connectivity index (χ0n) is 9.60. The Kier molecular flexibility index (Phi) is 4.36. The lowest BCUT2D eigenvalue weighted by Gasteiger charge is -2.22. The number of rotatable bonds is 4. The molecule has 0 bridgehead atoms. The van der Waals surface area contributed by atoms with Gasteiger partial charge >= 0.3 is 0 Å². The van der Waals surface area contributed by atoms with Gasteiger partial charge in [-0.3, -0.25) is 4.79 Å². The predicted octanol–water partition coefficient (Wildman–Crippen LogP) is 3.10. The van der Waals surface area contributed by atoms with Crippen molar-refractivity contribution in [2.75, 3.05) is 7.05 Å². The maximum absolute atomic E-state index is 11.9. The molecule has 1 rings (SSSR count). The van der Waals surface area contributed by atoms with Gasteiger partial charge in [0.15, 0.2) is 5.78 Å². The SMILES string of the molecule is CNC(C)(C)C(=O)Cc1ccc(Cl)c(Cl)c1. The summed E-state index contributed by atoms with van der Waals surface area (Å²) in [5, 5.41) is 3.96. The van der Waals surface area contributed by atoms with Crippen molar-refractivity contribution in [2.45, 2.75) is 25.8 Å². The van der Waals surface area contributed by atoms with E-state index in [-0.39, 0.29) is 5.78 Å². The van der Waals surface area contributed by atoms with Crippen molar-refractivity contribution in [3.05, 3.63) is 33.8 Å². The van der Waals surface area contributed by atoms with Gasteiger partial charge in [0, 0.05) is 6.42 Å². The van der Waals surface area contributed by atoms with Crippen LogP contribution in [0.2, 0.25) is 10.0 Å². The highest BCUT2D eigenvalue weighted by molar-refractivity contribution is 6.42. The van der Waals surface area contributed by atoms with Crippen LogP contribution in [0, 0.1) is 0 Å². The Morgan fingerprint density at radius 3 is 2.44 bits per heavy atom. The molecular formula is C12H15Cl2NO. The van der Waals surface area contributed by atoms with Gasteiger partial charge in [-0.25, -0.2) is 0 Å². The Bertz CT molecular complexity index is 402. The molecule has 0 aliphatic heterocycles. The first-order chi connectivity index (χ1) is 7.36. The number of Topliss-reactive ketones (excluding diaryl/α,β-unsaturated/α-hetero) is 1. The molecule has 16 heavy (non-hydrogen) atoms. The van der Waals surface area contributed by atoms with Crippen LogP contribution in [0.5, 0.6) is 0 Å². The van der Waals surface area contributed by atoms with Crippen molar-refractivity contribution in [2.24, 2.45) is 0 Å². The van der Waals surface area contributed by atoms with E-state index in [1.54, 1.807) is 19.2 Å². The lowest BCUT2D eigenvalue weighted by atomic mass is 9.94. The van der Waals surface area contributed by atoms with Crippen LogP contribution in [0.4, 0.5) is 0 Å². The van der Waals surface area contributed by atoms with Gasteiger partial charge in [0.25, 0.3) is 0 Å². The largest absolute Gasteiger partial charge is 0.308 e. The van der Waals surface area contributed by atoms with Crippen molar-refractivity contribution >= 4 is 29.0 Å². The minimum absolute atomic E-state index is 0.119. The van der Waals surface area contributed by atoms with Crippen molar-refractivity contribution in [1.29, 1.82) is 0 Å². The van der Waals surface area contributed by atoms with Crippen LogP contribution in [-0.2, 0) is 11.2 Å². The summed E-state index contributed by atoms with van der Waals surface area (Å²) < 4.78 is 0. The fourth-order valence-electron chi connectivity index (χ4n) is 1.20. The molecule has 0 aromatic heterocycles. The van der Waals surface area contributed by atoms with E-state index in [9.17, 15) is 4.79 Å². The molecule has 0 heterocycles. The van der Waals surface area contributed by atoms with Gasteiger partial charge < -0.3 is 5.32 Å². The highest BCUT2D eigenvalue weighted by atomic mass is 35.5. The summed E-state index contributed by atoms with van der Waals surface area (Å²) >= 11 is 11.7. The maximum Gasteiger partial charge on any atom is 0.156 e. The van der Waals surface area contributed by atoms with Crippen molar-refractivity contribution in [3.8, 4) is 0 Å². The standard InChI is InChI=1S/C12H15Cl2NO/c1-12(2,15-3)11(16)7-8-4-5-9(13)10(14)6-8/h4-6,15H,7H2,1-3H3. The van der Waals surface area contributed by atoms with Crippen LogP contribution in [0.15, 0.2) is 18.2 Å². The topological polar surface area (TPSA) is 29.1 Å². The summed E-state index contributed by atoms with van der Waals surface area (Å²) in [6.07, 6.45) is 0.352. The van der Waals surface area contributed by atoms with E-state index >= 15 is 0 Å². The number of hydrogen-bond acceptors (Lipinski definition) is 2. The first kappa shape index (κ1) is 13.5. The van der Waals surface area contributed by atoms with Gasteiger partial charge in [-0.1, -0.05) is 29.3 Å². The second-order valence-corrected chi connectivity index (χ2v) is 5.04. The number of ketones is 1. The number of halogens is 2. The molecule has 0 radical (unpaired) electrons. The fourth-order valence-corrected chi connectivity index (χ4v) is 1.52. The van der Waals surface area contributed by atoms with E-state index in [1.807, 2.05) is 19.9 Å². The molecule has 0 saturated heterocycles. The molecule has 0 atom stereocenters. The number of carbonyl (C=O) groups is 1. The zero-order chi connectivity index (χ0) is 12.3. The first-order valence-corrected chi connectivity index (χ1v) is 5.78. The van der Waals surface area contributed by atoms with E-state index in [0.717, 1.165) is 5.56 Å². The molecule has 1 aromatic rings. The maximum atomic E-state index is 11.9. The molecule has 2 nitrogen and oxygen atoms in total. The molecule has 0 aliphatic carbocycles. The normalized spacial score (nSPS) is 11.6. The Labute approximate surface area is 106 Å². The third-order valence-electron chi connectivity index (χ3n) is 2.67. The Morgan fingerprint density at radius 1 is 1.31 bits per heavy atom. The minimum Gasteiger partial charge on any atom is -0.308 e. The number of likely N-dealkylation sites (N-methyl/N-ethyl adjacent to an activating group) is 1. The summed E-state index contributed by atoms with van der Waals surface area (Å²) in [4.78, 5) is 11.9. The second kappa shape index (κ2) is 5.17. The first-order valence-electron chi connectivity index (χ1n) is 5.03. The molecule has 0 spiro atoms. The molecular weight excluding hydrogens is 245 g/mol. The van der Waals surface area contributed by atoms with Gasteiger partial charge in [-0.05, 0) is 38.6 Å². The van der Waals surface area contributed by atoms with Gasteiger partial charge in [0.1, 0.15) is 0 Å². The zero-order valence-corrected chi connectivity index (χ0v) is 11.1. The van der Waals surface area contributed by atoms with E-state index in [0.29, 0.717) is 16.5 Å². The average molecular weight is 260 g/mol. The van der Waals surface area contributed by atoms with Gasteiger partial charge in [0.05, 0.1) is 15.6 Å². The van der Waals surface area contributed by atoms with Crippen LogP contribution in [0.25, 0.3) is 0 Å². The predicted molar refractivity (Wildman–Crippen MR) is 68.3 cm³/mol. The smallest absolute Gasteiger partial charge is 0.156 e. The Hall–Kier alpha value is -0.570. The number of nitrogens with one attached hydrogen (secondary N) is 1. The molecule has 4 heteroatoms. The van der Waals surface area contributed by atoms with Gasteiger partial charge in [-0.15, -0.1) is 0 Å². The fraction of sp³-hybridized carbons (Fsp3) is 0.417. The van der Waals surface area contributed by atoms with Gasteiger partial charge in [0.2, 0.25) is 0 Å². The minimum atomic E-state index is -0.522. The highest BCUT2D eigenvalue weighted by Crippen LogP contribution is 2.23. The van der Waals surface area contributed by atoms with Crippen LogP contribution in [0.1, 0.15) is 19.4 Å².